The predicted molar refractivity (Wildman–Crippen MR) is 70.5 cm³/mol. The fraction of sp³-hybridized carbons (Fsp3) is 0.571. The Hall–Kier alpha value is -1.06. The van der Waals surface area contributed by atoms with Gasteiger partial charge in [0.1, 0.15) is 5.75 Å². The van der Waals surface area contributed by atoms with E-state index in [9.17, 15) is 5.11 Å². The van der Waals surface area contributed by atoms with Gasteiger partial charge < -0.3 is 15.2 Å². The van der Waals surface area contributed by atoms with Crippen molar-refractivity contribution < 1.29 is 9.84 Å². The van der Waals surface area contributed by atoms with Crippen LogP contribution >= 0.6 is 0 Å². The molecular formula is C14H23NO2. The van der Waals surface area contributed by atoms with Gasteiger partial charge >= 0.3 is 0 Å². The summed E-state index contributed by atoms with van der Waals surface area (Å²) in [5.41, 5.74) is 0.962. The van der Waals surface area contributed by atoms with E-state index in [1.54, 1.807) is 0 Å². The Morgan fingerprint density at radius 1 is 1.35 bits per heavy atom. The molecule has 1 rings (SSSR count). The molecule has 2 N–H and O–H groups in total. The predicted octanol–water partition coefficient (Wildman–Crippen LogP) is 1.99. The van der Waals surface area contributed by atoms with Gasteiger partial charge in [-0.1, -0.05) is 25.1 Å². The highest BCUT2D eigenvalue weighted by molar-refractivity contribution is 5.33. The number of hydrogen-bond donors (Lipinski definition) is 2. The first-order chi connectivity index (χ1) is 8.15. The number of aryl methyl sites for hydroxylation is 1. The first kappa shape index (κ1) is 14.0. The van der Waals surface area contributed by atoms with Crippen LogP contribution in [0.5, 0.6) is 5.75 Å². The molecule has 0 fully saturated rings. The third-order valence-electron chi connectivity index (χ3n) is 3.22. The van der Waals surface area contributed by atoms with Crippen molar-refractivity contribution in [2.45, 2.75) is 32.2 Å². The van der Waals surface area contributed by atoms with E-state index in [1.165, 1.54) is 5.56 Å². The van der Waals surface area contributed by atoms with Crippen molar-refractivity contribution in [1.29, 1.82) is 0 Å². The summed E-state index contributed by atoms with van der Waals surface area (Å²) in [6, 6.07) is 8.09. The summed E-state index contributed by atoms with van der Waals surface area (Å²) in [6.45, 7) is 4.83. The minimum Gasteiger partial charge on any atom is -0.493 e. The summed E-state index contributed by atoms with van der Waals surface area (Å²) in [4.78, 5) is 0. The Bertz CT molecular complexity index is 335. The Morgan fingerprint density at radius 2 is 2.06 bits per heavy atom. The van der Waals surface area contributed by atoms with Gasteiger partial charge in [0, 0.05) is 12.0 Å². The number of ether oxygens (including phenoxy) is 1. The molecule has 1 aromatic carbocycles. The van der Waals surface area contributed by atoms with Gasteiger partial charge in [0.2, 0.25) is 0 Å². The Balaban J connectivity index is 2.51. The van der Waals surface area contributed by atoms with Crippen LogP contribution in [0.25, 0.3) is 0 Å². The van der Waals surface area contributed by atoms with Crippen LogP contribution in [0.4, 0.5) is 0 Å². The van der Waals surface area contributed by atoms with Crippen molar-refractivity contribution in [1.82, 2.24) is 5.32 Å². The molecule has 0 heterocycles. The molecular weight excluding hydrogens is 214 g/mol. The molecule has 3 nitrogen and oxygen atoms in total. The Kier molecular flexibility index (Phi) is 5.45. The number of likely N-dealkylation sites (N-methyl/N-ethyl adjacent to an activating group) is 1. The van der Waals surface area contributed by atoms with E-state index < -0.39 is 0 Å². The highest BCUT2D eigenvalue weighted by Crippen LogP contribution is 2.19. The van der Waals surface area contributed by atoms with E-state index in [0.717, 1.165) is 18.6 Å². The lowest BCUT2D eigenvalue weighted by Gasteiger charge is -2.26. The van der Waals surface area contributed by atoms with Gasteiger partial charge in [0.05, 0.1) is 13.2 Å². The zero-order valence-electron chi connectivity index (χ0n) is 11.0. The fourth-order valence-corrected chi connectivity index (χ4v) is 1.61. The van der Waals surface area contributed by atoms with Gasteiger partial charge in [-0.3, -0.25) is 0 Å². The minimum absolute atomic E-state index is 0.113. The second kappa shape index (κ2) is 6.62. The summed E-state index contributed by atoms with van der Waals surface area (Å²) in [5, 5.41) is 12.4. The van der Waals surface area contributed by atoms with Crippen LogP contribution < -0.4 is 10.1 Å². The number of rotatable bonds is 7. The van der Waals surface area contributed by atoms with Crippen LogP contribution in [0.2, 0.25) is 0 Å². The Labute approximate surface area is 104 Å². The molecule has 0 bridgehead atoms. The lowest BCUT2D eigenvalue weighted by atomic mass is 10.0. The molecule has 96 valence electrons. The largest absolute Gasteiger partial charge is 0.493 e. The first-order valence-electron chi connectivity index (χ1n) is 6.15. The lowest BCUT2D eigenvalue weighted by Crippen LogP contribution is -2.44. The third-order valence-corrected chi connectivity index (χ3v) is 3.22. The number of aliphatic hydroxyl groups excluding tert-OH is 1. The molecule has 3 heteroatoms. The van der Waals surface area contributed by atoms with Gasteiger partial charge in [-0.25, -0.2) is 0 Å². The van der Waals surface area contributed by atoms with Gasteiger partial charge in [-0.2, -0.15) is 0 Å². The van der Waals surface area contributed by atoms with Crippen LogP contribution in [0.3, 0.4) is 0 Å². The van der Waals surface area contributed by atoms with Crippen LogP contribution in [0, 0.1) is 0 Å². The number of para-hydroxylation sites is 1. The average molecular weight is 237 g/mol. The minimum atomic E-state index is -0.263. The summed E-state index contributed by atoms with van der Waals surface area (Å²) in [6.07, 6.45) is 1.75. The second-order valence-corrected chi connectivity index (χ2v) is 4.53. The van der Waals surface area contributed by atoms with Gasteiger partial charge in [0.15, 0.2) is 0 Å². The molecule has 0 aromatic heterocycles. The highest BCUT2D eigenvalue weighted by atomic mass is 16.5. The number of aliphatic hydroxyl groups is 1. The van der Waals surface area contributed by atoms with Gasteiger partial charge in [-0.05, 0) is 32.0 Å². The van der Waals surface area contributed by atoms with E-state index in [0.29, 0.717) is 6.61 Å². The molecule has 0 spiro atoms. The molecule has 0 saturated heterocycles. The average Bonchev–Trinajstić information content (AvgIpc) is 2.39. The maximum absolute atomic E-state index is 9.27. The molecule has 1 aromatic rings. The number of nitrogens with one attached hydrogen (secondary N) is 1. The molecule has 0 amide bonds. The highest BCUT2D eigenvalue weighted by Gasteiger charge is 2.20. The summed E-state index contributed by atoms with van der Waals surface area (Å²) in [7, 11) is 1.86. The molecule has 0 aliphatic heterocycles. The Morgan fingerprint density at radius 3 is 2.65 bits per heavy atom. The smallest absolute Gasteiger partial charge is 0.122 e. The van der Waals surface area contributed by atoms with E-state index in [1.807, 2.05) is 32.2 Å². The number of hydrogen-bond acceptors (Lipinski definition) is 3. The van der Waals surface area contributed by atoms with Crippen molar-refractivity contribution in [3.63, 3.8) is 0 Å². The van der Waals surface area contributed by atoms with Crippen molar-refractivity contribution in [2.75, 3.05) is 20.3 Å². The van der Waals surface area contributed by atoms with E-state index in [-0.39, 0.29) is 12.1 Å². The maximum Gasteiger partial charge on any atom is 0.122 e. The topological polar surface area (TPSA) is 41.5 Å². The lowest BCUT2D eigenvalue weighted by molar-refractivity contribution is 0.151. The maximum atomic E-state index is 9.27. The molecule has 0 radical (unpaired) electrons. The van der Waals surface area contributed by atoms with Crippen LogP contribution in [0.15, 0.2) is 24.3 Å². The van der Waals surface area contributed by atoms with Crippen molar-refractivity contribution in [2.24, 2.45) is 0 Å². The standard InChI is InChI=1S/C14H23NO2/c1-4-12-7-5-6-8-13(12)17-10-9-14(2,11-16)15-3/h5-8,15-16H,4,9-11H2,1-3H3. The summed E-state index contributed by atoms with van der Waals surface area (Å²) in [5.74, 6) is 0.950. The molecule has 0 saturated carbocycles. The molecule has 0 aliphatic rings. The SMILES string of the molecule is CCc1ccccc1OCCC(C)(CO)NC. The van der Waals surface area contributed by atoms with Crippen molar-refractivity contribution in [3.8, 4) is 5.75 Å². The molecule has 1 atom stereocenters. The summed E-state index contributed by atoms with van der Waals surface area (Å²) >= 11 is 0. The first-order valence-corrected chi connectivity index (χ1v) is 6.15. The van der Waals surface area contributed by atoms with Crippen LogP contribution in [-0.4, -0.2) is 30.9 Å². The normalized spacial score (nSPS) is 14.4. The molecule has 17 heavy (non-hydrogen) atoms. The van der Waals surface area contributed by atoms with Gasteiger partial charge in [0.25, 0.3) is 0 Å². The molecule has 0 aliphatic carbocycles. The van der Waals surface area contributed by atoms with Gasteiger partial charge in [-0.15, -0.1) is 0 Å². The summed E-state index contributed by atoms with van der Waals surface area (Å²) < 4.78 is 5.78. The monoisotopic (exact) mass is 237 g/mol. The van der Waals surface area contributed by atoms with Crippen molar-refractivity contribution in [3.05, 3.63) is 29.8 Å². The zero-order chi connectivity index (χ0) is 12.7. The fourth-order valence-electron chi connectivity index (χ4n) is 1.61. The van der Waals surface area contributed by atoms with Crippen molar-refractivity contribution >= 4 is 0 Å². The van der Waals surface area contributed by atoms with Crippen LogP contribution in [-0.2, 0) is 6.42 Å². The van der Waals surface area contributed by atoms with E-state index >= 15 is 0 Å². The van der Waals surface area contributed by atoms with Crippen LogP contribution in [0.1, 0.15) is 25.8 Å². The third kappa shape index (κ3) is 4.02. The second-order valence-electron chi connectivity index (χ2n) is 4.53. The zero-order valence-corrected chi connectivity index (χ0v) is 11.0. The quantitative estimate of drug-likeness (QED) is 0.762. The number of benzene rings is 1. The van der Waals surface area contributed by atoms with E-state index in [4.69, 9.17) is 4.74 Å². The molecule has 1 unspecified atom stereocenters. The van der Waals surface area contributed by atoms with E-state index in [2.05, 4.69) is 18.3 Å².